The fourth-order valence-electron chi connectivity index (χ4n) is 3.29. The number of nitrogens with zero attached hydrogens (tertiary/aromatic N) is 5. The van der Waals surface area contributed by atoms with Crippen molar-refractivity contribution in [3.8, 4) is 17.2 Å². The second-order valence-electron chi connectivity index (χ2n) is 6.52. The molecule has 0 N–H and O–H groups in total. The van der Waals surface area contributed by atoms with Gasteiger partial charge >= 0.3 is 0 Å². The first-order valence-electron chi connectivity index (χ1n) is 9.17. The predicted octanol–water partition coefficient (Wildman–Crippen LogP) is 2.35. The van der Waals surface area contributed by atoms with Crippen molar-refractivity contribution < 1.29 is 23.7 Å². The van der Waals surface area contributed by atoms with Gasteiger partial charge in [-0.1, -0.05) is 17.3 Å². The standard InChI is InChI=1S/C20H21N5O5/c1-12(26)25-20(13-9-16(27-2)19(29-4)17(10-13)28-3)30-18(22-25)11-24-15-8-6-5-7-14(15)21-23-24/h5-10,20H,11H2,1-4H3. The highest BCUT2D eigenvalue weighted by molar-refractivity contribution is 5.84. The molecule has 3 aromatic rings. The summed E-state index contributed by atoms with van der Waals surface area (Å²) in [5.74, 6) is 1.42. The van der Waals surface area contributed by atoms with Crippen LogP contribution in [0.25, 0.3) is 11.0 Å². The molecule has 1 atom stereocenters. The van der Waals surface area contributed by atoms with Crippen molar-refractivity contribution in [2.24, 2.45) is 5.10 Å². The van der Waals surface area contributed by atoms with Gasteiger partial charge in [0.1, 0.15) is 12.1 Å². The highest BCUT2D eigenvalue weighted by atomic mass is 16.5. The van der Waals surface area contributed by atoms with Crippen LogP contribution in [0.3, 0.4) is 0 Å². The molecule has 0 fully saturated rings. The summed E-state index contributed by atoms with van der Waals surface area (Å²) in [5.41, 5.74) is 2.23. The minimum absolute atomic E-state index is 0.227. The van der Waals surface area contributed by atoms with Gasteiger partial charge in [-0.25, -0.2) is 4.68 Å². The van der Waals surface area contributed by atoms with Crippen LogP contribution in [0.15, 0.2) is 41.5 Å². The van der Waals surface area contributed by atoms with Gasteiger partial charge in [-0.2, -0.15) is 5.01 Å². The number of para-hydroxylation sites is 1. The lowest BCUT2D eigenvalue weighted by Gasteiger charge is -2.21. The van der Waals surface area contributed by atoms with Crippen LogP contribution < -0.4 is 14.2 Å². The zero-order chi connectivity index (χ0) is 21.3. The van der Waals surface area contributed by atoms with Gasteiger partial charge in [-0.3, -0.25) is 4.79 Å². The van der Waals surface area contributed by atoms with Crippen molar-refractivity contribution in [2.45, 2.75) is 19.7 Å². The Kier molecular flexibility index (Phi) is 5.13. The number of hydrogen-bond donors (Lipinski definition) is 0. The number of fused-ring (bicyclic) bond motifs is 1. The third kappa shape index (κ3) is 3.36. The van der Waals surface area contributed by atoms with E-state index in [0.29, 0.717) is 28.7 Å². The summed E-state index contributed by atoms with van der Waals surface area (Å²) >= 11 is 0. The highest BCUT2D eigenvalue weighted by Gasteiger charge is 2.34. The van der Waals surface area contributed by atoms with E-state index in [1.807, 2.05) is 24.3 Å². The Hall–Kier alpha value is -3.82. The summed E-state index contributed by atoms with van der Waals surface area (Å²) in [6, 6.07) is 11.0. The van der Waals surface area contributed by atoms with E-state index < -0.39 is 6.23 Å². The van der Waals surface area contributed by atoms with Crippen LogP contribution in [0.4, 0.5) is 0 Å². The summed E-state index contributed by atoms with van der Waals surface area (Å²) in [6.07, 6.45) is -0.777. The number of carbonyl (C=O) groups is 1. The molecule has 0 radical (unpaired) electrons. The third-order valence-electron chi connectivity index (χ3n) is 4.69. The van der Waals surface area contributed by atoms with Gasteiger partial charge in [0, 0.05) is 12.5 Å². The maximum atomic E-state index is 12.2. The Morgan fingerprint density at radius 3 is 2.43 bits per heavy atom. The number of methoxy groups -OCH3 is 3. The molecule has 0 saturated carbocycles. The van der Waals surface area contributed by atoms with Gasteiger partial charge in [0.05, 0.1) is 26.8 Å². The minimum atomic E-state index is -0.777. The summed E-state index contributed by atoms with van der Waals surface area (Å²) in [6.45, 7) is 1.65. The lowest BCUT2D eigenvalue weighted by atomic mass is 10.1. The molecule has 10 heteroatoms. The number of carbonyl (C=O) groups excluding carboxylic acids is 1. The van der Waals surface area contributed by atoms with Crippen molar-refractivity contribution in [1.29, 1.82) is 0 Å². The molecule has 10 nitrogen and oxygen atoms in total. The first kappa shape index (κ1) is 19.5. The quantitative estimate of drug-likeness (QED) is 0.614. The molecule has 4 rings (SSSR count). The number of aromatic nitrogens is 3. The smallest absolute Gasteiger partial charge is 0.243 e. The second-order valence-corrected chi connectivity index (χ2v) is 6.52. The molecule has 0 spiro atoms. The van der Waals surface area contributed by atoms with Gasteiger partial charge in [-0.05, 0) is 24.3 Å². The van der Waals surface area contributed by atoms with Gasteiger partial charge in [0.2, 0.25) is 23.8 Å². The van der Waals surface area contributed by atoms with Gasteiger partial charge < -0.3 is 18.9 Å². The number of hydrazone groups is 1. The van der Waals surface area contributed by atoms with E-state index in [4.69, 9.17) is 18.9 Å². The van der Waals surface area contributed by atoms with Crippen LogP contribution in [-0.4, -0.2) is 53.1 Å². The van der Waals surface area contributed by atoms with E-state index in [1.165, 1.54) is 33.3 Å². The molecule has 2 aromatic carbocycles. The van der Waals surface area contributed by atoms with Gasteiger partial charge in [-0.15, -0.1) is 10.2 Å². The van der Waals surface area contributed by atoms with E-state index in [1.54, 1.807) is 16.8 Å². The fourth-order valence-corrected chi connectivity index (χ4v) is 3.29. The van der Waals surface area contributed by atoms with Crippen molar-refractivity contribution in [2.75, 3.05) is 21.3 Å². The van der Waals surface area contributed by atoms with Crippen LogP contribution in [0.2, 0.25) is 0 Å². The second kappa shape index (κ2) is 7.90. The summed E-state index contributed by atoms with van der Waals surface area (Å²) < 4.78 is 23.9. The maximum Gasteiger partial charge on any atom is 0.243 e. The van der Waals surface area contributed by atoms with E-state index in [9.17, 15) is 4.79 Å². The molecular weight excluding hydrogens is 390 g/mol. The third-order valence-corrected chi connectivity index (χ3v) is 4.69. The molecule has 1 aliphatic heterocycles. The number of hydrogen-bond acceptors (Lipinski definition) is 8. The normalized spacial score (nSPS) is 15.7. The molecule has 1 aliphatic rings. The van der Waals surface area contributed by atoms with Crippen molar-refractivity contribution in [3.63, 3.8) is 0 Å². The van der Waals surface area contributed by atoms with Crippen molar-refractivity contribution in [1.82, 2.24) is 20.0 Å². The molecule has 30 heavy (non-hydrogen) atoms. The molecule has 0 saturated heterocycles. The van der Waals surface area contributed by atoms with Crippen LogP contribution in [0.1, 0.15) is 18.7 Å². The van der Waals surface area contributed by atoms with Crippen molar-refractivity contribution >= 4 is 22.8 Å². The molecule has 0 bridgehead atoms. The zero-order valence-corrected chi connectivity index (χ0v) is 17.0. The fraction of sp³-hybridized carbons (Fsp3) is 0.300. The SMILES string of the molecule is COc1cc(C2OC(Cn3nnc4ccccc43)=NN2C(C)=O)cc(OC)c1OC. The van der Waals surface area contributed by atoms with Crippen LogP contribution in [0, 0.1) is 0 Å². The number of rotatable bonds is 6. The Morgan fingerprint density at radius 1 is 1.10 bits per heavy atom. The number of benzene rings is 2. The van der Waals surface area contributed by atoms with E-state index >= 15 is 0 Å². The first-order chi connectivity index (χ1) is 14.5. The largest absolute Gasteiger partial charge is 0.493 e. The topological polar surface area (TPSA) is 100 Å². The zero-order valence-electron chi connectivity index (χ0n) is 17.0. The van der Waals surface area contributed by atoms with Crippen molar-refractivity contribution in [3.05, 3.63) is 42.0 Å². The lowest BCUT2D eigenvalue weighted by molar-refractivity contribution is -0.135. The molecule has 0 aliphatic carbocycles. The molecule has 1 aromatic heterocycles. The summed E-state index contributed by atoms with van der Waals surface area (Å²) in [4.78, 5) is 12.2. The van der Waals surface area contributed by atoms with E-state index in [-0.39, 0.29) is 12.5 Å². The monoisotopic (exact) mass is 411 g/mol. The maximum absolute atomic E-state index is 12.2. The van der Waals surface area contributed by atoms with E-state index in [0.717, 1.165) is 11.0 Å². The average Bonchev–Trinajstić information content (AvgIpc) is 3.37. The predicted molar refractivity (Wildman–Crippen MR) is 107 cm³/mol. The molecule has 1 amide bonds. The van der Waals surface area contributed by atoms with Crippen LogP contribution in [0.5, 0.6) is 17.2 Å². The summed E-state index contributed by atoms with van der Waals surface area (Å²) in [7, 11) is 4.58. The Bertz CT molecular complexity index is 1100. The molecular formula is C20H21N5O5. The minimum Gasteiger partial charge on any atom is -0.493 e. The highest BCUT2D eigenvalue weighted by Crippen LogP contribution is 2.42. The Labute approximate surface area is 172 Å². The Morgan fingerprint density at radius 2 is 1.80 bits per heavy atom. The van der Waals surface area contributed by atoms with Gasteiger partial charge in [0.25, 0.3) is 0 Å². The van der Waals surface area contributed by atoms with Crippen LogP contribution in [-0.2, 0) is 16.1 Å². The number of amides is 1. The molecule has 1 unspecified atom stereocenters. The van der Waals surface area contributed by atoms with E-state index in [2.05, 4.69) is 15.4 Å². The van der Waals surface area contributed by atoms with Gasteiger partial charge in [0.15, 0.2) is 11.5 Å². The summed E-state index contributed by atoms with van der Waals surface area (Å²) in [5, 5.41) is 13.9. The van der Waals surface area contributed by atoms with Crippen LogP contribution >= 0.6 is 0 Å². The molecule has 2 heterocycles. The Balaban J connectivity index is 1.66. The number of ether oxygens (including phenoxy) is 4. The lowest BCUT2D eigenvalue weighted by Crippen LogP contribution is -2.25. The average molecular weight is 411 g/mol. The molecule has 156 valence electrons. The first-order valence-corrected chi connectivity index (χ1v) is 9.17.